The molecule has 7 nitrogen and oxygen atoms in total. The second kappa shape index (κ2) is 6.60. The third-order valence-electron chi connectivity index (χ3n) is 3.86. The summed E-state index contributed by atoms with van der Waals surface area (Å²) < 4.78 is 0. The molecule has 1 N–H and O–H groups in total. The Morgan fingerprint density at radius 1 is 1.35 bits per heavy atom. The molecule has 1 aromatic rings. The maximum absolute atomic E-state index is 12.2. The number of carbonyl (C=O) groups excluding carboxylic acids is 2. The first kappa shape index (κ1) is 16.7. The number of nitro groups is 1. The standard InChI is InChI=1S/C16H18N2O5/c1-3-4-9-17-14(13(10(2)19)15(20)16(17)21)11-5-7-12(8-6-11)18(22)23/h5-8,14,20H,3-4,9H2,1-2H3. The summed E-state index contributed by atoms with van der Waals surface area (Å²) in [5.74, 6) is -1.50. The van der Waals surface area contributed by atoms with Crippen LogP contribution in [-0.2, 0) is 9.59 Å². The van der Waals surface area contributed by atoms with Crippen molar-refractivity contribution in [2.75, 3.05) is 6.54 Å². The second-order valence-corrected chi connectivity index (χ2v) is 5.42. The Hall–Kier alpha value is -2.70. The van der Waals surface area contributed by atoms with E-state index in [0.29, 0.717) is 12.1 Å². The molecule has 0 spiro atoms. The van der Waals surface area contributed by atoms with Gasteiger partial charge in [-0.25, -0.2) is 0 Å². The summed E-state index contributed by atoms with van der Waals surface area (Å²) in [4.78, 5) is 35.8. The Balaban J connectivity index is 2.45. The number of hydrogen-bond donors (Lipinski definition) is 1. The van der Waals surface area contributed by atoms with Gasteiger partial charge in [0, 0.05) is 18.7 Å². The predicted molar refractivity (Wildman–Crippen MR) is 82.8 cm³/mol. The quantitative estimate of drug-likeness (QED) is 0.642. The first-order valence-electron chi connectivity index (χ1n) is 7.37. The number of benzene rings is 1. The van der Waals surface area contributed by atoms with Crippen LogP contribution in [0.4, 0.5) is 5.69 Å². The summed E-state index contributed by atoms with van der Waals surface area (Å²) >= 11 is 0. The van der Waals surface area contributed by atoms with Crippen LogP contribution in [0.25, 0.3) is 0 Å². The van der Waals surface area contributed by atoms with E-state index in [-0.39, 0.29) is 11.3 Å². The van der Waals surface area contributed by atoms with E-state index in [2.05, 4.69) is 0 Å². The van der Waals surface area contributed by atoms with Gasteiger partial charge < -0.3 is 10.0 Å². The molecular weight excluding hydrogens is 300 g/mol. The van der Waals surface area contributed by atoms with Crippen LogP contribution in [0.3, 0.4) is 0 Å². The molecule has 0 fully saturated rings. The second-order valence-electron chi connectivity index (χ2n) is 5.42. The number of unbranched alkanes of at least 4 members (excludes halogenated alkanes) is 1. The molecule has 7 heteroatoms. The zero-order valence-corrected chi connectivity index (χ0v) is 13.0. The van der Waals surface area contributed by atoms with Crippen LogP contribution in [0.1, 0.15) is 38.3 Å². The minimum Gasteiger partial charge on any atom is -0.503 e. The van der Waals surface area contributed by atoms with E-state index in [1.165, 1.54) is 36.1 Å². The first-order valence-corrected chi connectivity index (χ1v) is 7.37. The van der Waals surface area contributed by atoms with Crippen LogP contribution < -0.4 is 0 Å². The monoisotopic (exact) mass is 318 g/mol. The molecule has 1 aliphatic heterocycles. The number of nitro benzene ring substituents is 1. The lowest BCUT2D eigenvalue weighted by Crippen LogP contribution is -2.31. The number of non-ortho nitro benzene ring substituents is 1. The molecule has 0 bridgehead atoms. The van der Waals surface area contributed by atoms with Crippen molar-refractivity contribution in [3.8, 4) is 0 Å². The van der Waals surface area contributed by atoms with E-state index in [1.807, 2.05) is 6.92 Å². The highest BCUT2D eigenvalue weighted by atomic mass is 16.6. The van der Waals surface area contributed by atoms with Crippen molar-refractivity contribution < 1.29 is 19.6 Å². The SMILES string of the molecule is CCCCN1C(=O)C(O)=C(C(C)=O)C1c1ccc([N+](=O)[O-])cc1. The zero-order valence-electron chi connectivity index (χ0n) is 13.0. The summed E-state index contributed by atoms with van der Waals surface area (Å²) in [6.45, 7) is 3.67. The van der Waals surface area contributed by atoms with Crippen molar-refractivity contribution in [2.45, 2.75) is 32.7 Å². The Morgan fingerprint density at radius 2 is 1.96 bits per heavy atom. The third-order valence-corrected chi connectivity index (χ3v) is 3.86. The van der Waals surface area contributed by atoms with Crippen molar-refractivity contribution in [3.05, 3.63) is 51.3 Å². The van der Waals surface area contributed by atoms with E-state index in [0.717, 1.165) is 12.8 Å². The van der Waals surface area contributed by atoms with Gasteiger partial charge in [-0.15, -0.1) is 0 Å². The fourth-order valence-electron chi connectivity index (χ4n) is 2.70. The van der Waals surface area contributed by atoms with Crippen LogP contribution in [0.15, 0.2) is 35.6 Å². The highest BCUT2D eigenvalue weighted by Crippen LogP contribution is 2.38. The molecule has 1 unspecified atom stereocenters. The van der Waals surface area contributed by atoms with Crippen molar-refractivity contribution in [3.63, 3.8) is 0 Å². The highest BCUT2D eigenvalue weighted by molar-refractivity contribution is 6.08. The number of carbonyl (C=O) groups is 2. The van der Waals surface area contributed by atoms with Gasteiger partial charge in [-0.2, -0.15) is 0 Å². The van der Waals surface area contributed by atoms with Gasteiger partial charge >= 0.3 is 0 Å². The Morgan fingerprint density at radius 3 is 2.43 bits per heavy atom. The largest absolute Gasteiger partial charge is 0.503 e. The van der Waals surface area contributed by atoms with Crippen molar-refractivity contribution in [1.29, 1.82) is 0 Å². The molecule has 0 saturated carbocycles. The first-order chi connectivity index (χ1) is 10.9. The lowest BCUT2D eigenvalue weighted by Gasteiger charge is -2.26. The Labute approximate surface area is 133 Å². The minimum absolute atomic E-state index is 0.0416. The van der Waals surface area contributed by atoms with Crippen LogP contribution >= 0.6 is 0 Å². The molecule has 1 aromatic carbocycles. The fraction of sp³-hybridized carbons (Fsp3) is 0.375. The number of ketones is 1. The molecule has 1 heterocycles. The van der Waals surface area contributed by atoms with E-state index < -0.39 is 28.4 Å². The smallest absolute Gasteiger partial charge is 0.290 e. The highest BCUT2D eigenvalue weighted by Gasteiger charge is 2.41. The van der Waals surface area contributed by atoms with Crippen molar-refractivity contribution in [1.82, 2.24) is 4.90 Å². The molecule has 0 saturated heterocycles. The maximum Gasteiger partial charge on any atom is 0.290 e. The fourth-order valence-corrected chi connectivity index (χ4v) is 2.70. The van der Waals surface area contributed by atoms with Crippen LogP contribution in [0.2, 0.25) is 0 Å². The summed E-state index contributed by atoms with van der Waals surface area (Å²) in [6.07, 6.45) is 1.58. The summed E-state index contributed by atoms with van der Waals surface area (Å²) in [6, 6.07) is 4.97. The van der Waals surface area contributed by atoms with Gasteiger partial charge in [-0.05, 0) is 31.0 Å². The minimum atomic E-state index is -0.702. The molecule has 23 heavy (non-hydrogen) atoms. The average Bonchev–Trinajstić information content (AvgIpc) is 2.77. The molecule has 122 valence electrons. The van der Waals surface area contributed by atoms with Crippen molar-refractivity contribution in [2.24, 2.45) is 0 Å². The van der Waals surface area contributed by atoms with Gasteiger partial charge in [0.05, 0.1) is 16.5 Å². The number of nitrogens with zero attached hydrogens (tertiary/aromatic N) is 2. The van der Waals surface area contributed by atoms with Gasteiger partial charge in [-0.1, -0.05) is 13.3 Å². The molecule has 0 radical (unpaired) electrons. The summed E-state index contributed by atoms with van der Waals surface area (Å²) in [5, 5.41) is 20.8. The molecule has 1 amide bonds. The molecule has 2 rings (SSSR count). The number of aliphatic hydroxyl groups excluding tert-OH is 1. The topological polar surface area (TPSA) is 101 Å². The van der Waals surface area contributed by atoms with E-state index in [9.17, 15) is 24.8 Å². The van der Waals surface area contributed by atoms with Gasteiger partial charge in [-0.3, -0.25) is 19.7 Å². The van der Waals surface area contributed by atoms with Gasteiger partial charge in [0.25, 0.3) is 11.6 Å². The normalized spacial score (nSPS) is 17.7. The zero-order chi connectivity index (χ0) is 17.1. The van der Waals surface area contributed by atoms with Crippen LogP contribution in [0, 0.1) is 10.1 Å². The number of rotatable bonds is 6. The maximum atomic E-state index is 12.2. The molecule has 0 aromatic heterocycles. The lowest BCUT2D eigenvalue weighted by atomic mass is 9.96. The van der Waals surface area contributed by atoms with E-state index >= 15 is 0 Å². The number of hydrogen-bond acceptors (Lipinski definition) is 5. The Kier molecular flexibility index (Phi) is 4.78. The van der Waals surface area contributed by atoms with E-state index in [4.69, 9.17) is 0 Å². The summed E-state index contributed by atoms with van der Waals surface area (Å²) in [5.41, 5.74) is 0.532. The summed E-state index contributed by atoms with van der Waals surface area (Å²) in [7, 11) is 0. The predicted octanol–water partition coefficient (Wildman–Crippen LogP) is 2.68. The molecule has 0 aliphatic carbocycles. The molecule has 1 aliphatic rings. The van der Waals surface area contributed by atoms with E-state index in [1.54, 1.807) is 0 Å². The van der Waals surface area contributed by atoms with Gasteiger partial charge in [0.1, 0.15) is 0 Å². The van der Waals surface area contributed by atoms with Gasteiger partial charge in [0.15, 0.2) is 11.5 Å². The molecular formula is C16H18N2O5. The van der Waals surface area contributed by atoms with Crippen LogP contribution in [0.5, 0.6) is 0 Å². The molecule has 1 atom stereocenters. The number of Topliss-reactive ketones (excluding diaryl/α,β-unsaturated/α-hetero) is 1. The number of amides is 1. The number of aliphatic hydroxyl groups is 1. The third kappa shape index (κ3) is 3.08. The van der Waals surface area contributed by atoms with Gasteiger partial charge in [0.2, 0.25) is 0 Å². The average molecular weight is 318 g/mol. The Bertz CT molecular complexity index is 678. The lowest BCUT2D eigenvalue weighted by molar-refractivity contribution is -0.384. The van der Waals surface area contributed by atoms with Crippen molar-refractivity contribution >= 4 is 17.4 Å². The van der Waals surface area contributed by atoms with Crippen LogP contribution in [-0.4, -0.2) is 33.2 Å².